The number of benzene rings is 1. The van der Waals surface area contributed by atoms with Crippen molar-refractivity contribution in [3.63, 3.8) is 0 Å². The fourth-order valence-corrected chi connectivity index (χ4v) is 2.06. The molecule has 1 aromatic heterocycles. The van der Waals surface area contributed by atoms with E-state index in [1.165, 1.54) is 19.2 Å². The molecule has 1 unspecified atom stereocenters. The molecule has 1 heterocycles. The Bertz CT molecular complexity index is 736. The van der Waals surface area contributed by atoms with Crippen LogP contribution in [0.4, 0.5) is 5.82 Å². The van der Waals surface area contributed by atoms with E-state index in [0.717, 1.165) is 4.68 Å². The summed E-state index contributed by atoms with van der Waals surface area (Å²) in [6, 6.07) is 6.49. The maximum absolute atomic E-state index is 12.2. The van der Waals surface area contributed by atoms with Gasteiger partial charge >= 0.3 is 0 Å². The Balaban J connectivity index is 2.20. The lowest BCUT2D eigenvalue weighted by atomic mass is 10.3. The molecule has 8 heteroatoms. The fourth-order valence-electron chi connectivity index (χ4n) is 1.60. The second kappa shape index (κ2) is 6.04. The molecule has 0 amide bonds. The highest BCUT2D eigenvalue weighted by Crippen LogP contribution is 2.28. The summed E-state index contributed by atoms with van der Waals surface area (Å²) in [5.74, 6) is -0.228. The van der Waals surface area contributed by atoms with Crippen LogP contribution in [0.5, 0.6) is 5.75 Å². The first-order valence-electron chi connectivity index (χ1n) is 5.83. The highest BCUT2D eigenvalue weighted by atomic mass is 35.5. The Morgan fingerprint density at radius 3 is 2.81 bits per heavy atom. The number of rotatable bonds is 3. The molecule has 21 heavy (non-hydrogen) atoms. The van der Waals surface area contributed by atoms with Gasteiger partial charge in [-0.2, -0.15) is 15.0 Å². The minimum Gasteiger partial charge on any atom is -0.479 e. The van der Waals surface area contributed by atoms with Gasteiger partial charge in [0, 0.05) is 5.02 Å². The van der Waals surface area contributed by atoms with E-state index in [0.29, 0.717) is 10.8 Å². The number of halogens is 2. The van der Waals surface area contributed by atoms with Crippen LogP contribution < -0.4 is 10.5 Å². The second-order valence-electron chi connectivity index (χ2n) is 4.14. The van der Waals surface area contributed by atoms with Crippen molar-refractivity contribution in [2.24, 2.45) is 0 Å². The summed E-state index contributed by atoms with van der Waals surface area (Å²) in [6.45, 7) is 1.53. The Morgan fingerprint density at radius 2 is 2.24 bits per heavy atom. The number of nitrogens with two attached hydrogens (primary N) is 1. The van der Waals surface area contributed by atoms with Crippen LogP contribution in [-0.2, 0) is 0 Å². The lowest BCUT2D eigenvalue weighted by Crippen LogP contribution is -2.31. The molecule has 108 valence electrons. The van der Waals surface area contributed by atoms with Gasteiger partial charge < -0.3 is 10.5 Å². The molecule has 0 radical (unpaired) electrons. The summed E-state index contributed by atoms with van der Waals surface area (Å²) in [4.78, 5) is 12.2. The van der Waals surface area contributed by atoms with Gasteiger partial charge in [-0.3, -0.25) is 4.79 Å². The molecule has 0 spiro atoms. The standard InChI is InChI=1S/C13H10Cl2N4O2/c1-7(21-11-3-2-9(14)4-10(11)15)13(20)19-12(17)8(5-16)6-18-19/h2-4,6-7H,17H2,1H3. The van der Waals surface area contributed by atoms with Gasteiger partial charge in [0.15, 0.2) is 6.10 Å². The lowest BCUT2D eigenvalue weighted by Gasteiger charge is -2.15. The van der Waals surface area contributed by atoms with E-state index in [1.807, 2.05) is 6.07 Å². The zero-order valence-corrected chi connectivity index (χ0v) is 12.4. The maximum Gasteiger partial charge on any atom is 0.289 e. The minimum atomic E-state index is -0.891. The highest BCUT2D eigenvalue weighted by Gasteiger charge is 2.22. The monoisotopic (exact) mass is 324 g/mol. The number of nitrogens with zero attached hydrogens (tertiary/aromatic N) is 3. The van der Waals surface area contributed by atoms with Crippen molar-refractivity contribution >= 4 is 34.9 Å². The molecule has 0 bridgehead atoms. The van der Waals surface area contributed by atoms with E-state index in [2.05, 4.69) is 5.10 Å². The molecular weight excluding hydrogens is 315 g/mol. The van der Waals surface area contributed by atoms with Gasteiger partial charge in [0.2, 0.25) is 0 Å². The smallest absolute Gasteiger partial charge is 0.289 e. The number of nitrogen functional groups attached to an aromatic ring is 1. The molecule has 0 aliphatic carbocycles. The van der Waals surface area contributed by atoms with Crippen LogP contribution in [0.25, 0.3) is 0 Å². The summed E-state index contributed by atoms with van der Waals surface area (Å²) >= 11 is 11.8. The largest absolute Gasteiger partial charge is 0.479 e. The summed E-state index contributed by atoms with van der Waals surface area (Å²) in [5.41, 5.74) is 5.78. The lowest BCUT2D eigenvalue weighted by molar-refractivity contribution is 0.0714. The fraction of sp³-hybridized carbons (Fsp3) is 0.154. The average Bonchev–Trinajstić information content (AvgIpc) is 2.82. The zero-order chi connectivity index (χ0) is 15.6. The topological polar surface area (TPSA) is 93.9 Å². The normalized spacial score (nSPS) is 11.7. The molecule has 1 atom stereocenters. The number of ether oxygens (including phenoxy) is 1. The predicted octanol–water partition coefficient (Wildman–Crippen LogP) is 2.75. The van der Waals surface area contributed by atoms with E-state index in [-0.39, 0.29) is 16.4 Å². The highest BCUT2D eigenvalue weighted by molar-refractivity contribution is 6.35. The molecule has 2 rings (SSSR count). The number of hydrogen-bond donors (Lipinski definition) is 1. The van der Waals surface area contributed by atoms with Crippen LogP contribution in [0.2, 0.25) is 10.0 Å². The van der Waals surface area contributed by atoms with Crippen LogP contribution in [0.3, 0.4) is 0 Å². The summed E-state index contributed by atoms with van der Waals surface area (Å²) in [6.07, 6.45) is 0.326. The Hall–Kier alpha value is -2.23. The van der Waals surface area contributed by atoms with E-state index in [1.54, 1.807) is 12.1 Å². The molecule has 1 aromatic carbocycles. The molecule has 0 saturated carbocycles. The Morgan fingerprint density at radius 1 is 1.52 bits per heavy atom. The van der Waals surface area contributed by atoms with Crippen molar-refractivity contribution in [1.29, 1.82) is 5.26 Å². The average molecular weight is 325 g/mol. The number of anilines is 1. The van der Waals surface area contributed by atoms with Crippen LogP contribution in [0.15, 0.2) is 24.4 Å². The van der Waals surface area contributed by atoms with Crippen molar-refractivity contribution in [3.05, 3.63) is 40.0 Å². The van der Waals surface area contributed by atoms with Crippen molar-refractivity contribution in [2.45, 2.75) is 13.0 Å². The predicted molar refractivity (Wildman–Crippen MR) is 78.5 cm³/mol. The number of hydrogen-bond acceptors (Lipinski definition) is 5. The molecule has 2 aromatic rings. The van der Waals surface area contributed by atoms with Crippen molar-refractivity contribution < 1.29 is 9.53 Å². The maximum atomic E-state index is 12.2. The van der Waals surface area contributed by atoms with Crippen molar-refractivity contribution in [3.8, 4) is 11.8 Å². The van der Waals surface area contributed by atoms with Gasteiger partial charge in [0.05, 0.1) is 11.2 Å². The van der Waals surface area contributed by atoms with Gasteiger partial charge in [0.1, 0.15) is 23.2 Å². The third-order valence-electron chi connectivity index (χ3n) is 2.68. The first kappa shape index (κ1) is 15.2. The SMILES string of the molecule is CC(Oc1ccc(Cl)cc1Cl)C(=O)n1ncc(C#N)c1N. The van der Waals surface area contributed by atoms with E-state index in [9.17, 15) is 4.79 Å². The van der Waals surface area contributed by atoms with Crippen LogP contribution in [0, 0.1) is 11.3 Å². The van der Waals surface area contributed by atoms with Gasteiger partial charge in [-0.05, 0) is 25.1 Å². The van der Waals surface area contributed by atoms with E-state index in [4.69, 9.17) is 38.9 Å². The van der Waals surface area contributed by atoms with Crippen LogP contribution in [0.1, 0.15) is 17.3 Å². The van der Waals surface area contributed by atoms with Crippen LogP contribution >= 0.6 is 23.2 Å². The molecular formula is C13H10Cl2N4O2. The number of carbonyl (C=O) groups is 1. The number of nitriles is 1. The number of carbonyl (C=O) groups excluding carboxylic acids is 1. The summed E-state index contributed by atoms with van der Waals surface area (Å²) in [5, 5.41) is 13.3. The molecule has 6 nitrogen and oxygen atoms in total. The Labute approximate surface area is 130 Å². The molecule has 2 N–H and O–H groups in total. The first-order chi connectivity index (χ1) is 9.93. The second-order valence-corrected chi connectivity index (χ2v) is 4.98. The minimum absolute atomic E-state index is 0.0276. The van der Waals surface area contributed by atoms with Crippen LogP contribution in [-0.4, -0.2) is 21.8 Å². The van der Waals surface area contributed by atoms with Gasteiger partial charge in [-0.25, -0.2) is 0 Å². The molecule has 0 saturated heterocycles. The summed E-state index contributed by atoms with van der Waals surface area (Å²) < 4.78 is 6.40. The third-order valence-corrected chi connectivity index (χ3v) is 3.21. The van der Waals surface area contributed by atoms with Crippen molar-refractivity contribution in [1.82, 2.24) is 9.78 Å². The van der Waals surface area contributed by atoms with Gasteiger partial charge in [-0.15, -0.1) is 0 Å². The van der Waals surface area contributed by atoms with Gasteiger partial charge in [-0.1, -0.05) is 23.2 Å². The molecule has 0 fully saturated rings. The molecule has 0 aliphatic rings. The summed E-state index contributed by atoms with van der Waals surface area (Å²) in [7, 11) is 0. The number of aromatic nitrogens is 2. The van der Waals surface area contributed by atoms with Gasteiger partial charge in [0.25, 0.3) is 5.91 Å². The Kier molecular flexibility index (Phi) is 4.36. The zero-order valence-electron chi connectivity index (χ0n) is 10.9. The quantitative estimate of drug-likeness (QED) is 0.936. The van der Waals surface area contributed by atoms with E-state index < -0.39 is 12.0 Å². The third kappa shape index (κ3) is 3.10. The van der Waals surface area contributed by atoms with Crippen molar-refractivity contribution in [2.75, 3.05) is 5.73 Å². The molecule has 0 aliphatic heterocycles. The first-order valence-corrected chi connectivity index (χ1v) is 6.59. The van der Waals surface area contributed by atoms with E-state index >= 15 is 0 Å².